The Balaban J connectivity index is 4.21. The van der Waals surface area contributed by atoms with Crippen LogP contribution in [0.1, 0.15) is 33.6 Å². The summed E-state index contributed by atoms with van der Waals surface area (Å²) in [5.74, 6) is 0.194. The van der Waals surface area contributed by atoms with Crippen molar-refractivity contribution in [3.63, 3.8) is 0 Å². The lowest BCUT2D eigenvalue weighted by Gasteiger charge is -2.25. The van der Waals surface area contributed by atoms with E-state index in [4.69, 9.17) is 15.2 Å². The first-order valence-electron chi connectivity index (χ1n) is 7.31. The average Bonchev–Trinajstić information content (AvgIpc) is 2.42. The highest BCUT2D eigenvalue weighted by Gasteiger charge is 2.19. The van der Waals surface area contributed by atoms with Gasteiger partial charge >= 0.3 is 0 Å². The van der Waals surface area contributed by atoms with E-state index in [0.29, 0.717) is 46.1 Å². The Hall–Kier alpha value is -0.650. The second-order valence-corrected chi connectivity index (χ2v) is 4.55. The van der Waals surface area contributed by atoms with Crippen LogP contribution in [-0.2, 0) is 14.3 Å². The molecule has 0 saturated heterocycles. The van der Waals surface area contributed by atoms with Crippen LogP contribution in [0.5, 0.6) is 0 Å². The molecule has 0 aliphatic rings. The predicted molar refractivity (Wildman–Crippen MR) is 77.0 cm³/mol. The topological polar surface area (TPSA) is 64.8 Å². The highest BCUT2D eigenvalue weighted by molar-refractivity contribution is 5.78. The number of amides is 1. The van der Waals surface area contributed by atoms with Crippen molar-refractivity contribution < 1.29 is 14.3 Å². The SMILES string of the molecule is CCOCCN(CCOCC)C(=O)C(C)CCCN. The normalized spacial score (nSPS) is 12.4. The van der Waals surface area contributed by atoms with Gasteiger partial charge in [-0.1, -0.05) is 6.92 Å². The van der Waals surface area contributed by atoms with E-state index in [1.54, 1.807) is 0 Å². The first kappa shape index (κ1) is 18.4. The van der Waals surface area contributed by atoms with E-state index in [1.165, 1.54) is 0 Å². The summed E-state index contributed by atoms with van der Waals surface area (Å²) in [5.41, 5.74) is 5.48. The highest BCUT2D eigenvalue weighted by Crippen LogP contribution is 2.09. The van der Waals surface area contributed by atoms with Crippen LogP contribution in [0.25, 0.3) is 0 Å². The Labute approximate surface area is 117 Å². The van der Waals surface area contributed by atoms with Crippen LogP contribution < -0.4 is 5.73 Å². The summed E-state index contributed by atoms with van der Waals surface area (Å²) in [5, 5.41) is 0. The molecule has 1 atom stereocenters. The molecule has 2 N–H and O–H groups in total. The number of ether oxygens (including phenoxy) is 2. The summed E-state index contributed by atoms with van der Waals surface area (Å²) in [7, 11) is 0. The molecule has 0 radical (unpaired) electrons. The maximum atomic E-state index is 12.3. The lowest BCUT2D eigenvalue weighted by Crippen LogP contribution is -2.40. The summed E-state index contributed by atoms with van der Waals surface area (Å²) in [6, 6.07) is 0. The van der Waals surface area contributed by atoms with Crippen molar-refractivity contribution in [2.24, 2.45) is 11.7 Å². The van der Waals surface area contributed by atoms with Gasteiger partial charge in [-0.25, -0.2) is 0 Å². The van der Waals surface area contributed by atoms with E-state index in [-0.39, 0.29) is 11.8 Å². The van der Waals surface area contributed by atoms with E-state index in [1.807, 2.05) is 25.7 Å². The fourth-order valence-corrected chi connectivity index (χ4v) is 1.83. The molecular weight excluding hydrogens is 244 g/mol. The van der Waals surface area contributed by atoms with Crippen molar-refractivity contribution in [3.8, 4) is 0 Å². The average molecular weight is 274 g/mol. The summed E-state index contributed by atoms with van der Waals surface area (Å²) >= 11 is 0. The molecule has 5 heteroatoms. The van der Waals surface area contributed by atoms with E-state index >= 15 is 0 Å². The Morgan fingerprint density at radius 3 is 2.11 bits per heavy atom. The molecule has 0 heterocycles. The molecule has 0 aromatic rings. The van der Waals surface area contributed by atoms with Crippen molar-refractivity contribution in [3.05, 3.63) is 0 Å². The van der Waals surface area contributed by atoms with Gasteiger partial charge in [-0.2, -0.15) is 0 Å². The number of nitrogens with zero attached hydrogens (tertiary/aromatic N) is 1. The summed E-state index contributed by atoms with van der Waals surface area (Å²) in [4.78, 5) is 14.2. The standard InChI is InChI=1S/C14H30N2O3/c1-4-18-11-9-16(10-12-19-5-2)14(17)13(3)7-6-8-15/h13H,4-12,15H2,1-3H3. The number of carbonyl (C=O) groups is 1. The molecule has 0 spiro atoms. The first-order chi connectivity index (χ1) is 9.17. The third kappa shape index (κ3) is 8.97. The van der Waals surface area contributed by atoms with Crippen molar-refractivity contribution in [1.82, 2.24) is 4.90 Å². The molecule has 0 aromatic carbocycles. The summed E-state index contributed by atoms with van der Waals surface area (Å²) in [6.07, 6.45) is 1.73. The first-order valence-corrected chi connectivity index (χ1v) is 7.31. The summed E-state index contributed by atoms with van der Waals surface area (Å²) in [6.45, 7) is 10.3. The zero-order chi connectivity index (χ0) is 14.5. The summed E-state index contributed by atoms with van der Waals surface area (Å²) < 4.78 is 10.7. The number of hydrogen-bond donors (Lipinski definition) is 1. The second-order valence-electron chi connectivity index (χ2n) is 4.55. The molecule has 0 fully saturated rings. The largest absolute Gasteiger partial charge is 0.380 e. The van der Waals surface area contributed by atoms with E-state index in [2.05, 4.69) is 0 Å². The van der Waals surface area contributed by atoms with Crippen molar-refractivity contribution in [1.29, 1.82) is 0 Å². The van der Waals surface area contributed by atoms with E-state index in [0.717, 1.165) is 12.8 Å². The lowest BCUT2D eigenvalue weighted by molar-refractivity contribution is -0.136. The van der Waals surface area contributed by atoms with Crippen molar-refractivity contribution >= 4 is 5.91 Å². The predicted octanol–water partition coefficient (Wildman–Crippen LogP) is 1.26. The van der Waals surface area contributed by atoms with Gasteiger partial charge in [0.15, 0.2) is 0 Å². The van der Waals surface area contributed by atoms with Gasteiger partial charge < -0.3 is 20.1 Å². The maximum absolute atomic E-state index is 12.3. The third-order valence-electron chi connectivity index (χ3n) is 2.99. The molecule has 19 heavy (non-hydrogen) atoms. The van der Waals surface area contributed by atoms with Crippen molar-refractivity contribution in [2.45, 2.75) is 33.6 Å². The zero-order valence-corrected chi connectivity index (χ0v) is 12.7. The van der Waals surface area contributed by atoms with Gasteiger partial charge in [0.05, 0.1) is 13.2 Å². The smallest absolute Gasteiger partial charge is 0.225 e. The second kappa shape index (κ2) is 12.4. The fourth-order valence-electron chi connectivity index (χ4n) is 1.83. The van der Waals surface area contributed by atoms with Crippen LogP contribution in [0.4, 0.5) is 0 Å². The monoisotopic (exact) mass is 274 g/mol. The van der Waals surface area contributed by atoms with Gasteiger partial charge in [-0.15, -0.1) is 0 Å². The van der Waals surface area contributed by atoms with Crippen LogP contribution in [0.2, 0.25) is 0 Å². The van der Waals surface area contributed by atoms with Gasteiger partial charge in [-0.05, 0) is 33.2 Å². The zero-order valence-electron chi connectivity index (χ0n) is 12.7. The Kier molecular flexibility index (Phi) is 12.0. The molecule has 0 rings (SSSR count). The van der Waals surface area contributed by atoms with Crippen LogP contribution in [0, 0.1) is 5.92 Å². The molecular formula is C14H30N2O3. The van der Waals surface area contributed by atoms with Gasteiger partial charge in [0, 0.05) is 32.2 Å². The van der Waals surface area contributed by atoms with Gasteiger partial charge in [-0.3, -0.25) is 4.79 Å². The van der Waals surface area contributed by atoms with Crippen LogP contribution in [-0.4, -0.2) is 56.9 Å². The quantitative estimate of drug-likeness (QED) is 0.544. The fraction of sp³-hybridized carbons (Fsp3) is 0.929. The minimum atomic E-state index is 0.0202. The molecule has 0 aromatic heterocycles. The molecule has 0 saturated carbocycles. The number of rotatable bonds is 12. The van der Waals surface area contributed by atoms with Crippen LogP contribution in [0.15, 0.2) is 0 Å². The number of hydrogen-bond acceptors (Lipinski definition) is 4. The molecule has 1 unspecified atom stereocenters. The Morgan fingerprint density at radius 2 is 1.68 bits per heavy atom. The van der Waals surface area contributed by atoms with Crippen LogP contribution >= 0.6 is 0 Å². The lowest BCUT2D eigenvalue weighted by atomic mass is 10.0. The minimum Gasteiger partial charge on any atom is -0.380 e. The van der Waals surface area contributed by atoms with Gasteiger partial charge in [0.1, 0.15) is 0 Å². The van der Waals surface area contributed by atoms with Gasteiger partial charge in [0.25, 0.3) is 0 Å². The third-order valence-corrected chi connectivity index (χ3v) is 2.99. The maximum Gasteiger partial charge on any atom is 0.225 e. The Morgan fingerprint density at radius 1 is 1.16 bits per heavy atom. The van der Waals surface area contributed by atoms with E-state index in [9.17, 15) is 4.79 Å². The Bertz CT molecular complexity index is 215. The van der Waals surface area contributed by atoms with Gasteiger partial charge in [0.2, 0.25) is 5.91 Å². The molecule has 0 aliphatic carbocycles. The molecule has 114 valence electrons. The number of nitrogens with two attached hydrogens (primary N) is 1. The highest BCUT2D eigenvalue weighted by atomic mass is 16.5. The van der Waals surface area contributed by atoms with Crippen molar-refractivity contribution in [2.75, 3.05) is 46.1 Å². The molecule has 0 bridgehead atoms. The van der Waals surface area contributed by atoms with Crippen LogP contribution in [0.3, 0.4) is 0 Å². The minimum absolute atomic E-state index is 0.0202. The molecule has 1 amide bonds. The van der Waals surface area contributed by atoms with E-state index < -0.39 is 0 Å². The molecule has 5 nitrogen and oxygen atoms in total. The molecule has 0 aliphatic heterocycles. The number of carbonyl (C=O) groups excluding carboxylic acids is 1.